The third-order valence-electron chi connectivity index (χ3n) is 3.37. The molecule has 2 aromatic rings. The van der Waals surface area contributed by atoms with Crippen molar-refractivity contribution in [2.75, 3.05) is 0 Å². The fourth-order valence-electron chi connectivity index (χ4n) is 2.18. The Morgan fingerprint density at radius 2 is 2.06 bits per heavy atom. The summed E-state index contributed by atoms with van der Waals surface area (Å²) < 4.78 is 3.62. The first-order chi connectivity index (χ1) is 8.54. The Morgan fingerprint density at radius 3 is 2.50 bits per heavy atom. The van der Waals surface area contributed by atoms with E-state index < -0.39 is 0 Å². The number of hydrazine groups is 1. The first-order valence-electron chi connectivity index (χ1n) is 5.84. The zero-order chi connectivity index (χ0) is 13.3. The fourth-order valence-corrected chi connectivity index (χ4v) is 2.18. The zero-order valence-electron chi connectivity index (χ0n) is 11.2. The number of nitrogens with two attached hydrogens (primary N) is 1. The van der Waals surface area contributed by atoms with Gasteiger partial charge in [0, 0.05) is 19.8 Å². The highest BCUT2D eigenvalue weighted by Crippen LogP contribution is 2.21. The highest BCUT2D eigenvalue weighted by atomic mass is 15.4. The molecule has 3 N–H and O–H groups in total. The second kappa shape index (κ2) is 4.87. The van der Waals surface area contributed by atoms with Crippen molar-refractivity contribution in [1.29, 1.82) is 0 Å². The van der Waals surface area contributed by atoms with E-state index in [9.17, 15) is 0 Å². The summed E-state index contributed by atoms with van der Waals surface area (Å²) in [5, 5.41) is 12.2. The Balaban J connectivity index is 2.29. The maximum Gasteiger partial charge on any atom is 0.0770 e. The van der Waals surface area contributed by atoms with E-state index in [0.29, 0.717) is 0 Å². The van der Waals surface area contributed by atoms with Crippen molar-refractivity contribution in [2.45, 2.75) is 26.3 Å². The number of nitrogens with one attached hydrogen (secondary N) is 1. The van der Waals surface area contributed by atoms with Crippen LogP contribution in [0.2, 0.25) is 0 Å². The highest BCUT2D eigenvalue weighted by molar-refractivity contribution is 5.26. The average molecular weight is 249 g/mol. The van der Waals surface area contributed by atoms with Gasteiger partial charge in [-0.3, -0.25) is 20.6 Å². The largest absolute Gasteiger partial charge is 0.272 e. The summed E-state index contributed by atoms with van der Waals surface area (Å²) >= 11 is 0. The third-order valence-corrected chi connectivity index (χ3v) is 3.37. The monoisotopic (exact) mass is 249 g/mol. The predicted octanol–water partition coefficient (Wildman–Crippen LogP) is -0.0875. The molecule has 0 radical (unpaired) electrons. The second-order valence-corrected chi connectivity index (χ2v) is 4.48. The number of nitrogens with zero attached hydrogens (tertiary/aromatic N) is 5. The molecule has 0 saturated carbocycles. The number of hydrogen-bond donors (Lipinski definition) is 2. The van der Waals surface area contributed by atoms with Gasteiger partial charge < -0.3 is 0 Å². The second-order valence-electron chi connectivity index (χ2n) is 4.48. The van der Waals surface area contributed by atoms with Gasteiger partial charge in [-0.05, 0) is 25.8 Å². The van der Waals surface area contributed by atoms with Crippen LogP contribution in [-0.4, -0.2) is 24.8 Å². The first-order valence-corrected chi connectivity index (χ1v) is 5.84. The van der Waals surface area contributed by atoms with Crippen molar-refractivity contribution in [3.8, 4) is 0 Å². The molecule has 98 valence electrons. The van der Waals surface area contributed by atoms with E-state index in [4.69, 9.17) is 5.84 Å². The Morgan fingerprint density at radius 1 is 1.33 bits per heavy atom. The molecule has 2 aromatic heterocycles. The van der Waals surface area contributed by atoms with E-state index in [1.165, 1.54) is 5.56 Å². The van der Waals surface area contributed by atoms with E-state index in [-0.39, 0.29) is 6.04 Å². The lowest BCUT2D eigenvalue weighted by Crippen LogP contribution is -2.31. The maximum absolute atomic E-state index is 5.64. The summed E-state index contributed by atoms with van der Waals surface area (Å²) in [5.41, 5.74) is 7.18. The molecular formula is C11H19N7. The molecule has 2 heterocycles. The van der Waals surface area contributed by atoms with Crippen LogP contribution in [0.4, 0.5) is 0 Å². The zero-order valence-corrected chi connectivity index (χ0v) is 11.2. The molecule has 0 aliphatic rings. The summed E-state index contributed by atoms with van der Waals surface area (Å²) in [6, 6.07) is -0.0217. The molecule has 7 heteroatoms. The first kappa shape index (κ1) is 12.7. The van der Waals surface area contributed by atoms with Gasteiger partial charge in [-0.1, -0.05) is 5.21 Å². The summed E-state index contributed by atoms with van der Waals surface area (Å²) in [6.07, 6.45) is 2.49. The molecule has 0 bridgehead atoms. The van der Waals surface area contributed by atoms with Gasteiger partial charge in [0.2, 0.25) is 0 Å². The topological polar surface area (TPSA) is 86.6 Å². The molecule has 0 aliphatic carbocycles. The van der Waals surface area contributed by atoms with Crippen molar-refractivity contribution in [2.24, 2.45) is 19.9 Å². The standard InChI is InChI=1S/C11H19N7/c1-7-9(8(2)17(3)15-7)5-10(14-12)11-6-13-16-18(11)4/h6,10,14H,5,12H2,1-4H3. The van der Waals surface area contributed by atoms with Gasteiger partial charge in [0.15, 0.2) is 0 Å². The van der Waals surface area contributed by atoms with E-state index >= 15 is 0 Å². The summed E-state index contributed by atoms with van der Waals surface area (Å²) in [7, 11) is 3.80. The number of aryl methyl sites for hydroxylation is 3. The number of hydrogen-bond acceptors (Lipinski definition) is 5. The van der Waals surface area contributed by atoms with Crippen molar-refractivity contribution >= 4 is 0 Å². The summed E-state index contributed by atoms with van der Waals surface area (Å²) in [5.74, 6) is 5.64. The van der Waals surface area contributed by atoms with Crippen LogP contribution in [0, 0.1) is 13.8 Å². The van der Waals surface area contributed by atoms with Crippen LogP contribution in [-0.2, 0) is 20.5 Å². The van der Waals surface area contributed by atoms with Crippen molar-refractivity contribution in [1.82, 2.24) is 30.2 Å². The molecule has 0 aliphatic heterocycles. The van der Waals surface area contributed by atoms with Crippen LogP contribution >= 0.6 is 0 Å². The summed E-state index contributed by atoms with van der Waals surface area (Å²) in [6.45, 7) is 4.07. The van der Waals surface area contributed by atoms with Gasteiger partial charge in [-0.25, -0.2) is 0 Å². The number of rotatable bonds is 4. The molecule has 0 fully saturated rings. The minimum Gasteiger partial charge on any atom is -0.272 e. The minimum absolute atomic E-state index is 0.0217. The fraction of sp³-hybridized carbons (Fsp3) is 0.545. The van der Waals surface area contributed by atoms with Crippen LogP contribution in [0.1, 0.15) is 28.7 Å². The lowest BCUT2D eigenvalue weighted by atomic mass is 10.0. The number of aromatic nitrogens is 5. The minimum atomic E-state index is -0.0217. The van der Waals surface area contributed by atoms with Crippen LogP contribution in [0.5, 0.6) is 0 Å². The molecule has 2 rings (SSSR count). The highest BCUT2D eigenvalue weighted by Gasteiger charge is 2.19. The third kappa shape index (κ3) is 2.14. The molecule has 7 nitrogen and oxygen atoms in total. The molecule has 0 aromatic carbocycles. The van der Waals surface area contributed by atoms with Gasteiger partial charge in [-0.2, -0.15) is 5.10 Å². The maximum atomic E-state index is 5.64. The quantitative estimate of drug-likeness (QED) is 0.584. The SMILES string of the molecule is Cc1nn(C)c(C)c1CC(NN)c1cnnn1C. The lowest BCUT2D eigenvalue weighted by molar-refractivity contribution is 0.505. The molecular weight excluding hydrogens is 230 g/mol. The van der Waals surface area contributed by atoms with Crippen LogP contribution in [0.25, 0.3) is 0 Å². The van der Waals surface area contributed by atoms with E-state index in [1.807, 2.05) is 25.7 Å². The Bertz CT molecular complexity index is 540. The van der Waals surface area contributed by atoms with E-state index in [0.717, 1.165) is 23.5 Å². The molecule has 18 heavy (non-hydrogen) atoms. The molecule has 1 atom stereocenters. The molecule has 0 amide bonds. The van der Waals surface area contributed by atoms with Crippen molar-refractivity contribution < 1.29 is 0 Å². The van der Waals surface area contributed by atoms with Gasteiger partial charge in [0.25, 0.3) is 0 Å². The van der Waals surface area contributed by atoms with Gasteiger partial charge in [-0.15, -0.1) is 5.10 Å². The smallest absolute Gasteiger partial charge is 0.0770 e. The van der Waals surface area contributed by atoms with Gasteiger partial charge in [0.1, 0.15) is 0 Å². The van der Waals surface area contributed by atoms with Crippen molar-refractivity contribution in [3.05, 3.63) is 28.8 Å². The Kier molecular flexibility index (Phi) is 3.44. The van der Waals surface area contributed by atoms with Crippen LogP contribution < -0.4 is 11.3 Å². The molecule has 0 saturated heterocycles. The van der Waals surface area contributed by atoms with Gasteiger partial charge in [0.05, 0.1) is 23.6 Å². The van der Waals surface area contributed by atoms with Crippen LogP contribution in [0.15, 0.2) is 6.20 Å². The molecule has 1 unspecified atom stereocenters. The predicted molar refractivity (Wildman–Crippen MR) is 67.5 cm³/mol. The van der Waals surface area contributed by atoms with E-state index in [1.54, 1.807) is 10.9 Å². The van der Waals surface area contributed by atoms with E-state index in [2.05, 4.69) is 27.8 Å². The molecule has 0 spiro atoms. The van der Waals surface area contributed by atoms with Crippen molar-refractivity contribution in [3.63, 3.8) is 0 Å². The Labute approximate surface area is 106 Å². The lowest BCUT2D eigenvalue weighted by Gasteiger charge is -2.15. The van der Waals surface area contributed by atoms with Gasteiger partial charge >= 0.3 is 0 Å². The normalized spacial score (nSPS) is 12.9. The summed E-state index contributed by atoms with van der Waals surface area (Å²) in [4.78, 5) is 0. The Hall–Kier alpha value is -1.73. The average Bonchev–Trinajstić information content (AvgIpc) is 2.84. The van der Waals surface area contributed by atoms with Crippen LogP contribution in [0.3, 0.4) is 0 Å².